The number of hydrogen-bond donors (Lipinski definition) is 1. The van der Waals surface area contributed by atoms with E-state index in [0.29, 0.717) is 6.54 Å². The number of likely N-dealkylation sites (N-methyl/N-ethyl adjacent to an activating group) is 1. The summed E-state index contributed by atoms with van der Waals surface area (Å²) in [6.45, 7) is 3.30. The van der Waals surface area contributed by atoms with Crippen LogP contribution in [0.2, 0.25) is 5.02 Å². The van der Waals surface area contributed by atoms with E-state index in [2.05, 4.69) is 30.0 Å². The van der Waals surface area contributed by atoms with E-state index in [1.54, 1.807) is 12.1 Å². The molecule has 0 aliphatic heterocycles. The Bertz CT molecular complexity index is 615. The molecule has 1 unspecified atom stereocenters. The second kappa shape index (κ2) is 7.03. The zero-order valence-corrected chi connectivity index (χ0v) is 13.1. The monoisotopic (exact) mass is 306 g/mol. The van der Waals surface area contributed by atoms with Crippen molar-refractivity contribution in [2.45, 2.75) is 19.5 Å². The lowest BCUT2D eigenvalue weighted by molar-refractivity contribution is 0.241. The van der Waals surface area contributed by atoms with Crippen molar-refractivity contribution in [2.24, 2.45) is 5.73 Å². The normalized spacial score (nSPS) is 12.7. The van der Waals surface area contributed by atoms with E-state index >= 15 is 0 Å². The number of rotatable bonds is 5. The minimum absolute atomic E-state index is 0.00334. The first-order valence-corrected chi connectivity index (χ1v) is 7.30. The highest BCUT2D eigenvalue weighted by atomic mass is 35.5. The van der Waals surface area contributed by atoms with E-state index < -0.39 is 5.82 Å². The highest BCUT2D eigenvalue weighted by Gasteiger charge is 2.17. The van der Waals surface area contributed by atoms with E-state index in [0.717, 1.165) is 12.1 Å². The lowest BCUT2D eigenvalue weighted by atomic mass is 10.0. The number of nitrogens with zero attached hydrogens (tertiary/aromatic N) is 1. The first-order valence-electron chi connectivity index (χ1n) is 6.92. The minimum Gasteiger partial charge on any atom is -0.329 e. The molecule has 4 heteroatoms. The molecule has 0 fully saturated rings. The van der Waals surface area contributed by atoms with Crippen LogP contribution in [0.25, 0.3) is 0 Å². The van der Waals surface area contributed by atoms with Gasteiger partial charge in [0.1, 0.15) is 5.82 Å². The summed E-state index contributed by atoms with van der Waals surface area (Å²) in [5.41, 5.74) is 9.29. The fourth-order valence-corrected chi connectivity index (χ4v) is 2.69. The minimum atomic E-state index is -0.405. The summed E-state index contributed by atoms with van der Waals surface area (Å²) >= 11 is 5.87. The Balaban J connectivity index is 2.18. The van der Waals surface area contributed by atoms with Gasteiger partial charge in [-0.1, -0.05) is 47.5 Å². The van der Waals surface area contributed by atoms with Crippen LogP contribution in [-0.4, -0.2) is 18.5 Å². The number of benzene rings is 2. The lowest BCUT2D eigenvalue weighted by Crippen LogP contribution is -2.30. The smallest absolute Gasteiger partial charge is 0.141 e. The Hall–Kier alpha value is -1.42. The molecular formula is C17H20ClFN2. The molecule has 0 aliphatic carbocycles. The van der Waals surface area contributed by atoms with E-state index in [1.165, 1.54) is 17.2 Å². The predicted molar refractivity (Wildman–Crippen MR) is 85.9 cm³/mol. The summed E-state index contributed by atoms with van der Waals surface area (Å²) in [6, 6.07) is 13.2. The van der Waals surface area contributed by atoms with Crippen LogP contribution in [0.5, 0.6) is 0 Å². The van der Waals surface area contributed by atoms with Crippen molar-refractivity contribution >= 4 is 11.6 Å². The van der Waals surface area contributed by atoms with Gasteiger partial charge >= 0.3 is 0 Å². The largest absolute Gasteiger partial charge is 0.329 e. The van der Waals surface area contributed by atoms with Crippen LogP contribution >= 0.6 is 11.6 Å². The van der Waals surface area contributed by atoms with E-state index in [1.807, 2.05) is 13.1 Å². The third-order valence-electron chi connectivity index (χ3n) is 3.60. The van der Waals surface area contributed by atoms with Crippen molar-refractivity contribution in [2.75, 3.05) is 13.6 Å². The molecule has 0 aromatic heterocycles. The Kier molecular flexibility index (Phi) is 5.34. The van der Waals surface area contributed by atoms with Gasteiger partial charge in [-0.3, -0.25) is 4.90 Å². The number of nitrogens with two attached hydrogens (primary N) is 1. The van der Waals surface area contributed by atoms with Crippen LogP contribution in [0.1, 0.15) is 22.7 Å². The molecule has 0 heterocycles. The third-order valence-corrected chi connectivity index (χ3v) is 3.89. The SMILES string of the molecule is Cc1cccc(CN(C)C(CN)c2ccc(F)c(Cl)c2)c1. The van der Waals surface area contributed by atoms with E-state index in [-0.39, 0.29) is 11.1 Å². The Labute approximate surface area is 130 Å². The van der Waals surface area contributed by atoms with Crippen LogP contribution in [0.15, 0.2) is 42.5 Å². The number of halogens is 2. The molecule has 112 valence electrons. The van der Waals surface area contributed by atoms with E-state index in [9.17, 15) is 4.39 Å². The van der Waals surface area contributed by atoms with E-state index in [4.69, 9.17) is 17.3 Å². The van der Waals surface area contributed by atoms with Crippen LogP contribution in [0, 0.1) is 12.7 Å². The highest BCUT2D eigenvalue weighted by molar-refractivity contribution is 6.30. The highest BCUT2D eigenvalue weighted by Crippen LogP contribution is 2.25. The van der Waals surface area contributed by atoms with Gasteiger partial charge in [0.2, 0.25) is 0 Å². The molecule has 1 atom stereocenters. The molecule has 0 radical (unpaired) electrons. The molecule has 2 rings (SSSR count). The summed E-state index contributed by atoms with van der Waals surface area (Å²) in [4.78, 5) is 2.15. The maximum Gasteiger partial charge on any atom is 0.141 e. The van der Waals surface area contributed by atoms with Crippen molar-refractivity contribution in [1.29, 1.82) is 0 Å². The molecule has 0 saturated carbocycles. The summed E-state index contributed by atoms with van der Waals surface area (Å²) < 4.78 is 13.3. The summed E-state index contributed by atoms with van der Waals surface area (Å²) in [6.07, 6.45) is 0. The van der Waals surface area contributed by atoms with Crippen LogP contribution in [0.4, 0.5) is 4.39 Å². The molecular weight excluding hydrogens is 287 g/mol. The second-order valence-electron chi connectivity index (χ2n) is 5.33. The standard InChI is InChI=1S/C17H20ClFN2/c1-12-4-3-5-13(8-12)11-21(2)17(10-20)14-6-7-16(19)15(18)9-14/h3-9,17H,10-11,20H2,1-2H3. The first-order chi connectivity index (χ1) is 10.0. The average molecular weight is 307 g/mol. The average Bonchev–Trinajstić information content (AvgIpc) is 2.43. The van der Waals surface area contributed by atoms with Crippen molar-refractivity contribution in [3.63, 3.8) is 0 Å². The Morgan fingerprint density at radius 1 is 1.24 bits per heavy atom. The summed E-state index contributed by atoms with van der Waals surface area (Å²) in [7, 11) is 2.01. The fourth-order valence-electron chi connectivity index (χ4n) is 2.50. The fraction of sp³-hybridized carbons (Fsp3) is 0.294. The number of aryl methyl sites for hydroxylation is 1. The van der Waals surface area contributed by atoms with Gasteiger partial charge in [-0.05, 0) is 37.2 Å². The zero-order valence-electron chi connectivity index (χ0n) is 12.3. The van der Waals surface area contributed by atoms with Gasteiger partial charge in [-0.2, -0.15) is 0 Å². The molecule has 2 nitrogen and oxygen atoms in total. The Morgan fingerprint density at radius 3 is 2.62 bits per heavy atom. The van der Waals surface area contributed by atoms with Crippen molar-refractivity contribution < 1.29 is 4.39 Å². The van der Waals surface area contributed by atoms with Crippen LogP contribution in [-0.2, 0) is 6.54 Å². The molecule has 0 bridgehead atoms. The topological polar surface area (TPSA) is 29.3 Å². The van der Waals surface area contributed by atoms with Gasteiger partial charge in [-0.15, -0.1) is 0 Å². The number of hydrogen-bond acceptors (Lipinski definition) is 2. The van der Waals surface area contributed by atoms with Gasteiger partial charge in [0.05, 0.1) is 5.02 Å². The quantitative estimate of drug-likeness (QED) is 0.907. The molecule has 0 aliphatic rings. The van der Waals surface area contributed by atoms with Gasteiger partial charge in [-0.25, -0.2) is 4.39 Å². The van der Waals surface area contributed by atoms with Crippen molar-refractivity contribution in [1.82, 2.24) is 4.90 Å². The zero-order chi connectivity index (χ0) is 15.4. The summed E-state index contributed by atoms with van der Waals surface area (Å²) in [5, 5.41) is 0.134. The molecule has 21 heavy (non-hydrogen) atoms. The van der Waals surface area contributed by atoms with Gasteiger partial charge in [0.25, 0.3) is 0 Å². The van der Waals surface area contributed by atoms with Gasteiger partial charge < -0.3 is 5.73 Å². The third kappa shape index (κ3) is 4.03. The van der Waals surface area contributed by atoms with Gasteiger partial charge in [0, 0.05) is 19.1 Å². The lowest BCUT2D eigenvalue weighted by Gasteiger charge is -2.27. The molecule has 2 aromatic rings. The maximum atomic E-state index is 13.3. The molecule has 0 amide bonds. The molecule has 2 N–H and O–H groups in total. The van der Waals surface area contributed by atoms with Gasteiger partial charge in [0.15, 0.2) is 0 Å². The summed E-state index contributed by atoms with van der Waals surface area (Å²) in [5.74, 6) is -0.405. The molecule has 0 spiro atoms. The second-order valence-corrected chi connectivity index (χ2v) is 5.74. The maximum absolute atomic E-state index is 13.3. The van der Waals surface area contributed by atoms with Crippen LogP contribution in [0.3, 0.4) is 0 Å². The first kappa shape index (κ1) is 16.0. The molecule has 2 aromatic carbocycles. The van der Waals surface area contributed by atoms with Crippen molar-refractivity contribution in [3.05, 3.63) is 70.0 Å². The predicted octanol–water partition coefficient (Wildman–Crippen LogP) is 3.92. The van der Waals surface area contributed by atoms with Crippen LogP contribution < -0.4 is 5.73 Å². The van der Waals surface area contributed by atoms with Crippen molar-refractivity contribution in [3.8, 4) is 0 Å². The molecule has 0 saturated heterocycles. The Morgan fingerprint density at radius 2 is 2.00 bits per heavy atom.